The first-order valence-corrected chi connectivity index (χ1v) is 10.2. The Balaban J connectivity index is 1.33. The molecular formula is C22H23N3OS. The molecule has 0 atom stereocenters. The summed E-state index contributed by atoms with van der Waals surface area (Å²) in [5.74, 6) is 0.133. The number of carbonyl (C=O) groups is 1. The zero-order valence-corrected chi connectivity index (χ0v) is 16.2. The van der Waals surface area contributed by atoms with E-state index in [4.69, 9.17) is 4.98 Å². The van der Waals surface area contributed by atoms with Crippen molar-refractivity contribution in [1.29, 1.82) is 0 Å². The van der Waals surface area contributed by atoms with Crippen LogP contribution in [0, 0.1) is 6.92 Å². The van der Waals surface area contributed by atoms with Crippen molar-refractivity contribution < 1.29 is 4.79 Å². The molecule has 0 aliphatic carbocycles. The van der Waals surface area contributed by atoms with Crippen LogP contribution in [0.5, 0.6) is 0 Å². The molecule has 0 saturated carbocycles. The molecule has 1 aliphatic heterocycles. The van der Waals surface area contributed by atoms with E-state index in [0.717, 1.165) is 47.9 Å². The van der Waals surface area contributed by atoms with Gasteiger partial charge in [0.25, 0.3) is 5.91 Å². The maximum absolute atomic E-state index is 12.6. The van der Waals surface area contributed by atoms with E-state index in [9.17, 15) is 4.79 Å². The highest BCUT2D eigenvalue weighted by Crippen LogP contribution is 2.26. The first-order valence-electron chi connectivity index (χ1n) is 9.32. The lowest BCUT2D eigenvalue weighted by molar-refractivity contribution is 0.0718. The van der Waals surface area contributed by atoms with Crippen LogP contribution in [0.4, 0.5) is 5.13 Å². The quantitative estimate of drug-likeness (QED) is 0.708. The molecule has 1 fully saturated rings. The third-order valence-corrected chi connectivity index (χ3v) is 5.76. The minimum Gasteiger partial charge on any atom is -0.359 e. The number of anilines is 1. The topological polar surface area (TPSA) is 45.2 Å². The maximum Gasteiger partial charge on any atom is 0.253 e. The molecule has 1 N–H and O–H groups in total. The Hall–Kier alpha value is -2.66. The van der Waals surface area contributed by atoms with Gasteiger partial charge in [0.1, 0.15) is 0 Å². The van der Waals surface area contributed by atoms with Crippen LogP contribution in [0.25, 0.3) is 11.3 Å². The zero-order valence-electron chi connectivity index (χ0n) is 15.4. The van der Waals surface area contributed by atoms with Gasteiger partial charge < -0.3 is 10.2 Å². The van der Waals surface area contributed by atoms with Gasteiger partial charge in [0, 0.05) is 35.6 Å². The number of amides is 1. The number of nitrogens with zero attached hydrogens (tertiary/aromatic N) is 2. The molecular weight excluding hydrogens is 354 g/mol. The number of rotatable bonds is 4. The first kappa shape index (κ1) is 17.7. The summed E-state index contributed by atoms with van der Waals surface area (Å²) in [5.41, 5.74) is 4.10. The molecule has 0 bridgehead atoms. The minimum atomic E-state index is 0.133. The molecule has 0 spiro atoms. The molecule has 3 aromatic rings. The Labute approximate surface area is 163 Å². The molecule has 1 amide bonds. The predicted octanol–water partition coefficient (Wildman–Crippen LogP) is 4.84. The lowest BCUT2D eigenvalue weighted by Gasteiger charge is -2.32. The summed E-state index contributed by atoms with van der Waals surface area (Å²) >= 11 is 1.64. The van der Waals surface area contributed by atoms with Crippen molar-refractivity contribution in [3.63, 3.8) is 0 Å². The normalized spacial score (nSPS) is 14.9. The highest BCUT2D eigenvalue weighted by molar-refractivity contribution is 7.14. The van der Waals surface area contributed by atoms with Crippen molar-refractivity contribution in [2.45, 2.75) is 25.8 Å². The monoisotopic (exact) mass is 377 g/mol. The van der Waals surface area contributed by atoms with E-state index in [-0.39, 0.29) is 5.91 Å². The van der Waals surface area contributed by atoms with Gasteiger partial charge >= 0.3 is 0 Å². The SMILES string of the molecule is Cc1ccc(C(=O)N2CCC(Nc3nc(-c4ccccc4)cs3)CC2)cc1. The van der Waals surface area contributed by atoms with Gasteiger partial charge in [-0.1, -0.05) is 48.0 Å². The molecule has 0 unspecified atom stereocenters. The molecule has 0 radical (unpaired) electrons. The summed E-state index contributed by atoms with van der Waals surface area (Å²) in [6.45, 7) is 3.59. The van der Waals surface area contributed by atoms with Gasteiger partial charge in [-0.15, -0.1) is 11.3 Å². The summed E-state index contributed by atoms with van der Waals surface area (Å²) in [6, 6.07) is 18.4. The highest BCUT2D eigenvalue weighted by Gasteiger charge is 2.24. The number of benzene rings is 2. The van der Waals surface area contributed by atoms with Crippen molar-refractivity contribution in [1.82, 2.24) is 9.88 Å². The lowest BCUT2D eigenvalue weighted by atomic mass is 10.0. The van der Waals surface area contributed by atoms with Gasteiger partial charge in [0.2, 0.25) is 0 Å². The summed E-state index contributed by atoms with van der Waals surface area (Å²) in [4.78, 5) is 19.3. The Morgan fingerprint density at radius 1 is 1.07 bits per heavy atom. The highest BCUT2D eigenvalue weighted by atomic mass is 32.1. The first-order chi connectivity index (χ1) is 13.2. The van der Waals surface area contributed by atoms with E-state index in [0.29, 0.717) is 6.04 Å². The minimum absolute atomic E-state index is 0.133. The zero-order chi connectivity index (χ0) is 18.6. The van der Waals surface area contributed by atoms with Crippen molar-refractivity contribution in [2.24, 2.45) is 0 Å². The number of likely N-dealkylation sites (tertiary alicyclic amines) is 1. The summed E-state index contributed by atoms with van der Waals surface area (Å²) < 4.78 is 0. The van der Waals surface area contributed by atoms with Gasteiger partial charge in [-0.2, -0.15) is 0 Å². The average Bonchev–Trinajstić information content (AvgIpc) is 3.18. The molecule has 1 saturated heterocycles. The lowest BCUT2D eigenvalue weighted by Crippen LogP contribution is -2.42. The number of hydrogen-bond donors (Lipinski definition) is 1. The fourth-order valence-electron chi connectivity index (χ4n) is 3.36. The second kappa shape index (κ2) is 7.92. The molecule has 5 heteroatoms. The van der Waals surface area contributed by atoms with E-state index in [1.807, 2.05) is 54.3 Å². The van der Waals surface area contributed by atoms with Gasteiger partial charge in [-0.05, 0) is 31.9 Å². The predicted molar refractivity (Wildman–Crippen MR) is 111 cm³/mol. The van der Waals surface area contributed by atoms with E-state index >= 15 is 0 Å². The molecule has 138 valence electrons. The largest absolute Gasteiger partial charge is 0.359 e. The van der Waals surface area contributed by atoms with Gasteiger partial charge in [0.05, 0.1) is 5.69 Å². The van der Waals surface area contributed by atoms with Crippen LogP contribution < -0.4 is 5.32 Å². The van der Waals surface area contributed by atoms with Gasteiger partial charge in [-0.3, -0.25) is 4.79 Å². The van der Waals surface area contributed by atoms with Crippen molar-refractivity contribution in [3.8, 4) is 11.3 Å². The van der Waals surface area contributed by atoms with Crippen molar-refractivity contribution in [2.75, 3.05) is 18.4 Å². The Morgan fingerprint density at radius 3 is 2.48 bits per heavy atom. The Bertz CT molecular complexity index is 897. The molecule has 1 aliphatic rings. The Morgan fingerprint density at radius 2 is 1.78 bits per heavy atom. The van der Waals surface area contributed by atoms with Crippen molar-refractivity contribution in [3.05, 3.63) is 71.1 Å². The average molecular weight is 378 g/mol. The molecule has 27 heavy (non-hydrogen) atoms. The summed E-state index contributed by atoms with van der Waals surface area (Å²) in [7, 11) is 0. The van der Waals surface area contributed by atoms with Crippen LogP contribution in [-0.2, 0) is 0 Å². The van der Waals surface area contributed by atoms with Gasteiger partial charge in [0.15, 0.2) is 5.13 Å². The molecule has 1 aromatic heterocycles. The van der Waals surface area contributed by atoms with E-state index in [2.05, 4.69) is 22.8 Å². The molecule has 2 heterocycles. The second-order valence-corrected chi connectivity index (χ2v) is 7.84. The maximum atomic E-state index is 12.6. The third-order valence-electron chi connectivity index (χ3n) is 4.98. The molecule has 4 rings (SSSR count). The van der Waals surface area contributed by atoms with E-state index in [1.165, 1.54) is 5.56 Å². The third kappa shape index (κ3) is 4.19. The van der Waals surface area contributed by atoms with Crippen LogP contribution in [0.2, 0.25) is 0 Å². The fourth-order valence-corrected chi connectivity index (χ4v) is 4.16. The van der Waals surface area contributed by atoms with Crippen LogP contribution in [-0.4, -0.2) is 34.9 Å². The van der Waals surface area contributed by atoms with E-state index in [1.54, 1.807) is 11.3 Å². The summed E-state index contributed by atoms with van der Waals surface area (Å²) in [5, 5.41) is 6.59. The van der Waals surface area contributed by atoms with Crippen LogP contribution in [0.1, 0.15) is 28.8 Å². The standard InChI is InChI=1S/C22H23N3OS/c1-16-7-9-18(10-8-16)21(26)25-13-11-19(12-14-25)23-22-24-20(15-27-22)17-5-3-2-4-6-17/h2-10,15,19H,11-14H2,1H3,(H,23,24). The number of aromatic nitrogens is 1. The molecule has 4 nitrogen and oxygen atoms in total. The summed E-state index contributed by atoms with van der Waals surface area (Å²) in [6.07, 6.45) is 1.88. The number of carbonyl (C=O) groups excluding carboxylic acids is 1. The number of nitrogens with one attached hydrogen (secondary N) is 1. The number of thiazole rings is 1. The molecule has 2 aromatic carbocycles. The number of aryl methyl sites for hydroxylation is 1. The smallest absolute Gasteiger partial charge is 0.253 e. The van der Waals surface area contributed by atoms with Gasteiger partial charge in [-0.25, -0.2) is 4.98 Å². The van der Waals surface area contributed by atoms with Crippen molar-refractivity contribution >= 4 is 22.4 Å². The van der Waals surface area contributed by atoms with E-state index < -0.39 is 0 Å². The van der Waals surface area contributed by atoms with Crippen LogP contribution >= 0.6 is 11.3 Å². The second-order valence-electron chi connectivity index (χ2n) is 6.98. The Kier molecular flexibility index (Phi) is 5.21. The number of hydrogen-bond acceptors (Lipinski definition) is 4. The van der Waals surface area contributed by atoms with Crippen LogP contribution in [0.3, 0.4) is 0 Å². The fraction of sp³-hybridized carbons (Fsp3) is 0.273. The van der Waals surface area contributed by atoms with Crippen LogP contribution in [0.15, 0.2) is 60.0 Å². The number of piperidine rings is 1.